The average Bonchev–Trinajstić information content (AvgIpc) is 2.84. The molecular formula is C23H31F3N2O8S. The lowest BCUT2D eigenvalue weighted by molar-refractivity contribution is -0.134. The van der Waals surface area contributed by atoms with Crippen molar-refractivity contribution in [3.8, 4) is 0 Å². The number of methoxy groups -OCH3 is 1. The van der Waals surface area contributed by atoms with E-state index in [1.165, 1.54) is 7.11 Å². The molecule has 1 atom stereocenters. The fourth-order valence-corrected chi connectivity index (χ4v) is 4.68. The number of piperidine rings is 1. The van der Waals surface area contributed by atoms with E-state index in [1.807, 2.05) is 0 Å². The summed E-state index contributed by atoms with van der Waals surface area (Å²) in [5.74, 6) is -6.27. The number of nitrogens with zero attached hydrogens (tertiary/aromatic N) is 1. The molecule has 4 N–H and O–H groups in total. The summed E-state index contributed by atoms with van der Waals surface area (Å²) in [6, 6.07) is 0.882. The maximum atomic E-state index is 13.8. The Labute approximate surface area is 212 Å². The Hall–Kier alpha value is -2.97. The van der Waals surface area contributed by atoms with Crippen molar-refractivity contribution >= 4 is 27.7 Å². The smallest absolute Gasteiger partial charge is 0.328 e. The fourth-order valence-electron chi connectivity index (χ4n) is 3.57. The van der Waals surface area contributed by atoms with Crippen LogP contribution in [0.4, 0.5) is 13.2 Å². The van der Waals surface area contributed by atoms with Crippen LogP contribution in [0.2, 0.25) is 0 Å². The third-order valence-electron chi connectivity index (χ3n) is 5.64. The van der Waals surface area contributed by atoms with Crippen LogP contribution in [0.1, 0.15) is 24.8 Å². The van der Waals surface area contributed by atoms with Crippen molar-refractivity contribution < 1.29 is 50.9 Å². The number of hydrogen-bond donors (Lipinski definition) is 3. The molecule has 0 radical (unpaired) electrons. The zero-order valence-corrected chi connectivity index (χ0v) is 21.1. The number of rotatable bonds is 11. The second kappa shape index (κ2) is 15.3. The second-order valence-electron chi connectivity index (χ2n) is 8.35. The van der Waals surface area contributed by atoms with E-state index in [0.717, 1.165) is 6.07 Å². The number of likely N-dealkylation sites (tertiary alicyclic amines) is 1. The van der Waals surface area contributed by atoms with Crippen LogP contribution in [0.5, 0.6) is 0 Å². The molecule has 2 rings (SSSR count). The zero-order chi connectivity index (χ0) is 28.2. The largest absolute Gasteiger partial charge is 0.478 e. The standard InChI is InChI=1S/C19H27F3N2O4S.C4H4O4/c1-28-7-9-29(26,27)8-4-19(25)24-5-2-13(3-6-24)18(23)11-14-10-16(21)17(22)12-15(14)20;5-3(6)1-2-4(7)8/h10,12-13,18H,2-9,11,23H2,1H3;1-2H,(H,5,6)(H,7,8)/t18-;/m1./s1. The maximum Gasteiger partial charge on any atom is 0.328 e. The number of ether oxygens (including phenoxy) is 1. The summed E-state index contributed by atoms with van der Waals surface area (Å²) in [6.45, 7) is 0.948. The lowest BCUT2D eigenvalue weighted by atomic mass is 9.86. The van der Waals surface area contributed by atoms with Crippen molar-refractivity contribution in [3.63, 3.8) is 0 Å². The predicted molar refractivity (Wildman–Crippen MR) is 127 cm³/mol. The Morgan fingerprint density at radius 2 is 1.59 bits per heavy atom. The third kappa shape index (κ3) is 12.2. The van der Waals surface area contributed by atoms with Crippen molar-refractivity contribution in [2.24, 2.45) is 11.7 Å². The fraction of sp³-hybridized carbons (Fsp3) is 0.522. The summed E-state index contributed by atoms with van der Waals surface area (Å²) in [5, 5.41) is 15.6. The number of amides is 1. The molecule has 1 aromatic carbocycles. The highest BCUT2D eigenvalue weighted by Gasteiger charge is 2.28. The van der Waals surface area contributed by atoms with Crippen LogP contribution in [-0.4, -0.2) is 85.7 Å². The topological polar surface area (TPSA) is 164 Å². The molecular weight excluding hydrogens is 521 g/mol. The minimum atomic E-state index is -3.33. The van der Waals surface area contributed by atoms with Gasteiger partial charge >= 0.3 is 11.9 Å². The number of carboxylic acid groups (broad SMARTS) is 2. The molecule has 1 aromatic rings. The number of carbonyl (C=O) groups is 3. The molecule has 14 heteroatoms. The van der Waals surface area contributed by atoms with Crippen LogP contribution in [0.3, 0.4) is 0 Å². The number of benzene rings is 1. The molecule has 0 aromatic heterocycles. The summed E-state index contributed by atoms with van der Waals surface area (Å²) in [6.07, 6.45) is 2.26. The molecule has 1 amide bonds. The molecule has 0 saturated carbocycles. The highest BCUT2D eigenvalue weighted by molar-refractivity contribution is 7.91. The van der Waals surface area contributed by atoms with Gasteiger partial charge in [0.15, 0.2) is 21.5 Å². The first-order chi connectivity index (χ1) is 17.3. The highest BCUT2D eigenvalue weighted by Crippen LogP contribution is 2.24. The number of carboxylic acids is 2. The van der Waals surface area contributed by atoms with E-state index in [-0.39, 0.29) is 48.3 Å². The van der Waals surface area contributed by atoms with Crippen LogP contribution < -0.4 is 5.73 Å². The Kier molecular flexibility index (Phi) is 13.3. The Bertz CT molecular complexity index is 1060. The minimum absolute atomic E-state index is 0.00278. The van der Waals surface area contributed by atoms with Crippen molar-refractivity contribution in [2.75, 3.05) is 38.3 Å². The van der Waals surface area contributed by atoms with Gasteiger partial charge in [0.1, 0.15) is 5.82 Å². The number of hydrogen-bond acceptors (Lipinski definition) is 7. The second-order valence-corrected chi connectivity index (χ2v) is 10.7. The summed E-state index contributed by atoms with van der Waals surface area (Å²) < 4.78 is 68.6. The first-order valence-electron chi connectivity index (χ1n) is 11.3. The van der Waals surface area contributed by atoms with Gasteiger partial charge in [-0.2, -0.15) is 0 Å². The van der Waals surface area contributed by atoms with Crippen LogP contribution in [0.25, 0.3) is 0 Å². The van der Waals surface area contributed by atoms with Crippen LogP contribution in [0, 0.1) is 23.4 Å². The Balaban J connectivity index is 0.000000738. The first-order valence-corrected chi connectivity index (χ1v) is 13.1. The van der Waals surface area contributed by atoms with Gasteiger partial charge in [-0.1, -0.05) is 0 Å². The van der Waals surface area contributed by atoms with Gasteiger partial charge < -0.3 is 25.6 Å². The van der Waals surface area contributed by atoms with E-state index in [0.29, 0.717) is 44.1 Å². The lowest BCUT2D eigenvalue weighted by Gasteiger charge is -2.35. The van der Waals surface area contributed by atoms with Gasteiger partial charge in [-0.05, 0) is 36.8 Å². The average molecular weight is 553 g/mol. The van der Waals surface area contributed by atoms with Gasteiger partial charge in [0.25, 0.3) is 0 Å². The monoisotopic (exact) mass is 552 g/mol. The molecule has 1 aliphatic rings. The van der Waals surface area contributed by atoms with Gasteiger partial charge in [0, 0.05) is 50.9 Å². The van der Waals surface area contributed by atoms with E-state index in [1.54, 1.807) is 4.90 Å². The summed E-state index contributed by atoms with van der Waals surface area (Å²) in [4.78, 5) is 33.0. The summed E-state index contributed by atoms with van der Waals surface area (Å²) in [5.41, 5.74) is 6.17. The van der Waals surface area contributed by atoms with Crippen molar-refractivity contribution in [2.45, 2.75) is 31.7 Å². The Morgan fingerprint density at radius 3 is 2.11 bits per heavy atom. The number of sulfone groups is 1. The van der Waals surface area contributed by atoms with Crippen LogP contribution in [-0.2, 0) is 35.4 Å². The van der Waals surface area contributed by atoms with Crippen LogP contribution >= 0.6 is 0 Å². The molecule has 0 unspecified atom stereocenters. The SMILES string of the molecule is COCCS(=O)(=O)CCC(=O)N1CCC([C@H](N)Cc2cc(F)c(F)cc2F)CC1.O=C(O)C=CC(=O)O. The molecule has 37 heavy (non-hydrogen) atoms. The van der Waals surface area contributed by atoms with Crippen molar-refractivity contribution in [3.05, 3.63) is 47.3 Å². The lowest BCUT2D eigenvalue weighted by Crippen LogP contribution is -2.44. The third-order valence-corrected chi connectivity index (χ3v) is 7.25. The number of halogens is 3. The van der Waals surface area contributed by atoms with Crippen molar-refractivity contribution in [1.29, 1.82) is 0 Å². The van der Waals surface area contributed by atoms with Gasteiger partial charge in [-0.15, -0.1) is 0 Å². The van der Waals surface area contributed by atoms with E-state index in [4.69, 9.17) is 20.7 Å². The van der Waals surface area contributed by atoms with Gasteiger partial charge in [0.2, 0.25) is 5.91 Å². The maximum absolute atomic E-state index is 13.8. The van der Waals surface area contributed by atoms with Gasteiger partial charge in [-0.3, -0.25) is 4.79 Å². The molecule has 0 aliphatic carbocycles. The van der Waals surface area contributed by atoms with E-state index in [9.17, 15) is 36.0 Å². The van der Waals surface area contributed by atoms with Crippen LogP contribution in [0.15, 0.2) is 24.3 Å². The van der Waals surface area contributed by atoms with Crippen molar-refractivity contribution in [1.82, 2.24) is 4.90 Å². The molecule has 208 valence electrons. The summed E-state index contributed by atoms with van der Waals surface area (Å²) >= 11 is 0. The number of nitrogens with two attached hydrogens (primary N) is 1. The Morgan fingerprint density at radius 1 is 1.05 bits per heavy atom. The molecule has 0 bridgehead atoms. The molecule has 1 saturated heterocycles. The van der Waals surface area contributed by atoms with Gasteiger partial charge in [0.05, 0.1) is 18.1 Å². The molecule has 1 fully saturated rings. The van der Waals surface area contributed by atoms with E-state index >= 15 is 0 Å². The zero-order valence-electron chi connectivity index (χ0n) is 20.2. The van der Waals surface area contributed by atoms with E-state index in [2.05, 4.69) is 0 Å². The quantitative estimate of drug-likeness (QED) is 0.272. The molecule has 10 nitrogen and oxygen atoms in total. The first kappa shape index (κ1) is 32.1. The predicted octanol–water partition coefficient (Wildman–Crippen LogP) is 1.38. The minimum Gasteiger partial charge on any atom is -0.478 e. The number of aliphatic carboxylic acids is 2. The molecule has 0 spiro atoms. The number of carbonyl (C=O) groups excluding carboxylic acids is 1. The van der Waals surface area contributed by atoms with Gasteiger partial charge in [-0.25, -0.2) is 31.2 Å². The molecule has 1 heterocycles. The van der Waals surface area contributed by atoms with E-state index < -0.39 is 45.3 Å². The highest BCUT2D eigenvalue weighted by atomic mass is 32.2. The molecule has 1 aliphatic heterocycles. The normalized spacial score (nSPS) is 15.2. The summed E-state index contributed by atoms with van der Waals surface area (Å²) in [7, 11) is -1.92.